The lowest BCUT2D eigenvalue weighted by atomic mass is 9.90. The summed E-state index contributed by atoms with van der Waals surface area (Å²) in [5.74, 6) is 0.995. The molecule has 3 aliphatic rings. The maximum absolute atomic E-state index is 6.74. The van der Waals surface area contributed by atoms with E-state index in [1.165, 1.54) is 40.7 Å². The van der Waals surface area contributed by atoms with Crippen LogP contribution in [0.2, 0.25) is 5.02 Å². The zero-order valence-corrected chi connectivity index (χ0v) is 22.2. The largest absolute Gasteiger partial charge is 0.490 e. The highest BCUT2D eigenvalue weighted by molar-refractivity contribution is 6.31. The molecule has 0 spiro atoms. The fraction of sp³-hybridized carbons (Fsp3) is 0.484. The van der Waals surface area contributed by atoms with E-state index in [1.54, 1.807) is 0 Å². The van der Waals surface area contributed by atoms with Gasteiger partial charge in [-0.1, -0.05) is 55.3 Å². The third-order valence-corrected chi connectivity index (χ3v) is 7.89. The molecular formula is C31H38ClNO2. The standard InChI is InChI=1S/C31H38ClNO2/c1-4-6-9-23-19-29(32)24(18-22(23)3)21-34-31(15-16-31)28-20-33(5-2)17-14-26(28)27-10-7-8-11-30(27)35-25-12-13-25/h7-8,10-11,14,18-20,25H,4-6,9,12-13,15-17,21H2,1-3H3. The van der Waals surface area contributed by atoms with Crippen LogP contribution in [0.25, 0.3) is 5.57 Å². The molecule has 2 aromatic carbocycles. The first-order valence-electron chi connectivity index (χ1n) is 13.4. The number of halogens is 1. The normalized spacial score (nSPS) is 18.8. The van der Waals surface area contributed by atoms with Crippen molar-refractivity contribution >= 4 is 17.2 Å². The van der Waals surface area contributed by atoms with E-state index in [0.29, 0.717) is 12.7 Å². The number of likely N-dealkylation sites (N-methyl/N-ethyl adjacent to an activating group) is 1. The van der Waals surface area contributed by atoms with Gasteiger partial charge in [-0.2, -0.15) is 0 Å². The fourth-order valence-electron chi connectivity index (χ4n) is 4.97. The zero-order valence-electron chi connectivity index (χ0n) is 21.4. The second-order valence-corrected chi connectivity index (χ2v) is 10.7. The highest BCUT2D eigenvalue weighted by atomic mass is 35.5. The van der Waals surface area contributed by atoms with Crippen molar-refractivity contribution in [2.45, 2.75) is 84.0 Å². The van der Waals surface area contributed by atoms with E-state index in [1.807, 2.05) is 0 Å². The van der Waals surface area contributed by atoms with E-state index >= 15 is 0 Å². The summed E-state index contributed by atoms with van der Waals surface area (Å²) in [6.45, 7) is 9.05. The van der Waals surface area contributed by atoms with Crippen LogP contribution >= 0.6 is 11.6 Å². The van der Waals surface area contributed by atoms with Crippen molar-refractivity contribution in [3.63, 3.8) is 0 Å². The Kier molecular flexibility index (Phi) is 7.27. The van der Waals surface area contributed by atoms with E-state index < -0.39 is 0 Å². The van der Waals surface area contributed by atoms with E-state index in [2.05, 4.69) is 74.3 Å². The lowest BCUT2D eigenvalue weighted by Gasteiger charge is -2.31. The van der Waals surface area contributed by atoms with Gasteiger partial charge in [0.2, 0.25) is 0 Å². The highest BCUT2D eigenvalue weighted by Gasteiger charge is 2.50. The lowest BCUT2D eigenvalue weighted by Crippen LogP contribution is -2.28. The van der Waals surface area contributed by atoms with E-state index in [0.717, 1.165) is 61.5 Å². The molecule has 0 unspecified atom stereocenters. The molecule has 2 aliphatic carbocycles. The van der Waals surface area contributed by atoms with Crippen LogP contribution in [-0.2, 0) is 17.8 Å². The van der Waals surface area contributed by atoms with E-state index in [4.69, 9.17) is 21.1 Å². The van der Waals surface area contributed by atoms with Gasteiger partial charge in [0, 0.05) is 35.4 Å². The summed E-state index contributed by atoms with van der Waals surface area (Å²) in [6, 6.07) is 12.9. The Morgan fingerprint density at radius 3 is 2.60 bits per heavy atom. The van der Waals surface area contributed by atoms with Crippen LogP contribution in [0, 0.1) is 6.92 Å². The minimum atomic E-state index is -0.259. The summed E-state index contributed by atoms with van der Waals surface area (Å²) in [4.78, 5) is 2.37. The molecule has 0 saturated heterocycles. The van der Waals surface area contributed by atoms with Crippen molar-refractivity contribution in [1.29, 1.82) is 0 Å². The Hall–Kier alpha value is -2.23. The molecule has 186 valence electrons. The van der Waals surface area contributed by atoms with E-state index in [9.17, 15) is 0 Å². The molecule has 4 heteroatoms. The van der Waals surface area contributed by atoms with E-state index in [-0.39, 0.29) is 5.60 Å². The summed E-state index contributed by atoms with van der Waals surface area (Å²) < 4.78 is 13.0. The zero-order chi connectivity index (χ0) is 24.4. The molecule has 0 radical (unpaired) electrons. The van der Waals surface area contributed by atoms with Gasteiger partial charge in [0.1, 0.15) is 5.75 Å². The van der Waals surface area contributed by atoms with Crippen LogP contribution in [0.5, 0.6) is 5.75 Å². The number of nitrogens with zero attached hydrogens (tertiary/aromatic N) is 1. The van der Waals surface area contributed by atoms with Crippen LogP contribution in [0.1, 0.15) is 74.6 Å². The van der Waals surface area contributed by atoms with Gasteiger partial charge in [-0.3, -0.25) is 0 Å². The number of benzene rings is 2. The van der Waals surface area contributed by atoms with Crippen LogP contribution in [0.3, 0.4) is 0 Å². The molecule has 2 saturated carbocycles. The minimum Gasteiger partial charge on any atom is -0.490 e. The molecule has 0 aromatic heterocycles. The molecule has 1 heterocycles. The molecule has 5 rings (SSSR count). The van der Waals surface area contributed by atoms with Crippen LogP contribution in [0.15, 0.2) is 54.2 Å². The molecule has 0 N–H and O–H groups in total. The Bertz CT molecular complexity index is 1130. The number of unbranched alkanes of at least 4 members (excludes halogenated alkanes) is 1. The van der Waals surface area contributed by atoms with Crippen molar-refractivity contribution in [1.82, 2.24) is 4.90 Å². The summed E-state index contributed by atoms with van der Waals surface area (Å²) in [6.07, 6.45) is 12.9. The number of rotatable bonds is 11. The molecule has 35 heavy (non-hydrogen) atoms. The quantitative estimate of drug-likeness (QED) is 0.319. The summed E-state index contributed by atoms with van der Waals surface area (Å²) in [5, 5.41) is 0.823. The monoisotopic (exact) mass is 491 g/mol. The fourth-order valence-corrected chi connectivity index (χ4v) is 5.21. The Labute approximate surface area is 215 Å². The molecule has 1 aliphatic heterocycles. The number of hydrogen-bond acceptors (Lipinski definition) is 3. The topological polar surface area (TPSA) is 21.7 Å². The maximum atomic E-state index is 6.74. The first-order valence-corrected chi connectivity index (χ1v) is 13.8. The van der Waals surface area contributed by atoms with Crippen LogP contribution < -0.4 is 4.74 Å². The van der Waals surface area contributed by atoms with Crippen molar-refractivity contribution < 1.29 is 9.47 Å². The van der Waals surface area contributed by atoms with Gasteiger partial charge < -0.3 is 14.4 Å². The Morgan fingerprint density at radius 1 is 1.09 bits per heavy atom. The minimum absolute atomic E-state index is 0.259. The average Bonchev–Trinajstić information content (AvgIpc) is 3.80. The predicted molar refractivity (Wildman–Crippen MR) is 145 cm³/mol. The summed E-state index contributed by atoms with van der Waals surface area (Å²) >= 11 is 6.73. The second-order valence-electron chi connectivity index (χ2n) is 10.3. The molecule has 2 aromatic rings. The van der Waals surface area contributed by atoms with Gasteiger partial charge in [-0.25, -0.2) is 0 Å². The number of para-hydroxylation sites is 1. The summed E-state index contributed by atoms with van der Waals surface area (Å²) in [7, 11) is 0. The van der Waals surface area contributed by atoms with Crippen LogP contribution in [-0.4, -0.2) is 29.7 Å². The predicted octanol–water partition coefficient (Wildman–Crippen LogP) is 7.88. The number of hydrogen-bond donors (Lipinski definition) is 0. The van der Waals surface area contributed by atoms with Crippen LogP contribution in [0.4, 0.5) is 0 Å². The average molecular weight is 492 g/mol. The third-order valence-electron chi connectivity index (χ3n) is 7.54. The number of ether oxygens (including phenoxy) is 2. The lowest BCUT2D eigenvalue weighted by molar-refractivity contribution is 0.0473. The second kappa shape index (κ2) is 10.4. The Morgan fingerprint density at radius 2 is 1.89 bits per heavy atom. The van der Waals surface area contributed by atoms with Crippen molar-refractivity contribution in [2.75, 3.05) is 13.1 Å². The molecule has 2 fully saturated rings. The SMILES string of the molecule is CCCCc1cc(Cl)c(COC2(C3=CN(CC)CC=C3c3ccccc3OC3CC3)CC2)cc1C. The van der Waals surface area contributed by atoms with Gasteiger partial charge in [0.25, 0.3) is 0 Å². The van der Waals surface area contributed by atoms with Crippen molar-refractivity contribution in [3.05, 3.63) is 81.5 Å². The molecule has 0 atom stereocenters. The maximum Gasteiger partial charge on any atom is 0.127 e. The highest BCUT2D eigenvalue weighted by Crippen LogP contribution is 2.53. The van der Waals surface area contributed by atoms with Gasteiger partial charge in [0.05, 0.1) is 18.3 Å². The molecule has 0 bridgehead atoms. The Balaban J connectivity index is 1.39. The smallest absolute Gasteiger partial charge is 0.127 e. The summed E-state index contributed by atoms with van der Waals surface area (Å²) in [5.41, 5.74) is 7.23. The molecular weight excluding hydrogens is 454 g/mol. The van der Waals surface area contributed by atoms with Gasteiger partial charge in [-0.05, 0) is 86.8 Å². The van der Waals surface area contributed by atoms with Crippen molar-refractivity contribution in [2.24, 2.45) is 0 Å². The van der Waals surface area contributed by atoms with Gasteiger partial charge >= 0.3 is 0 Å². The third kappa shape index (κ3) is 5.47. The first kappa shape index (κ1) is 24.5. The molecule has 3 nitrogen and oxygen atoms in total. The number of aryl methyl sites for hydroxylation is 2. The van der Waals surface area contributed by atoms with Gasteiger partial charge in [-0.15, -0.1) is 0 Å². The van der Waals surface area contributed by atoms with Gasteiger partial charge in [0.15, 0.2) is 0 Å². The first-order chi connectivity index (χ1) is 17.0. The molecule has 0 amide bonds. The van der Waals surface area contributed by atoms with Crippen molar-refractivity contribution in [3.8, 4) is 5.75 Å².